The maximum absolute atomic E-state index is 12.4. The van der Waals surface area contributed by atoms with Crippen LogP contribution in [-0.4, -0.2) is 41.8 Å². The molecular weight excluding hydrogens is 330 g/mol. The van der Waals surface area contributed by atoms with Gasteiger partial charge in [0.25, 0.3) is 5.91 Å². The van der Waals surface area contributed by atoms with Crippen LogP contribution in [0.15, 0.2) is 16.6 Å². The van der Waals surface area contributed by atoms with Gasteiger partial charge in [0.2, 0.25) is 6.79 Å². The molecule has 0 aliphatic carbocycles. The first-order chi connectivity index (χ1) is 9.56. The summed E-state index contributed by atoms with van der Waals surface area (Å²) in [6.07, 6.45) is 0.493. The third kappa shape index (κ3) is 2.22. The molecule has 0 radical (unpaired) electrons. The van der Waals surface area contributed by atoms with E-state index in [1.807, 2.05) is 0 Å². The number of amides is 1. The second kappa shape index (κ2) is 4.97. The highest BCUT2D eigenvalue weighted by Crippen LogP contribution is 2.40. The second-order valence-electron chi connectivity index (χ2n) is 4.77. The third-order valence-electron chi connectivity index (χ3n) is 3.50. The Balaban J connectivity index is 1.82. The summed E-state index contributed by atoms with van der Waals surface area (Å²) in [6.45, 7) is 0.846. The molecule has 7 heteroatoms. The number of halogens is 1. The van der Waals surface area contributed by atoms with Crippen LogP contribution in [0.4, 0.5) is 0 Å². The second-order valence-corrected chi connectivity index (χ2v) is 5.62. The van der Waals surface area contributed by atoms with Crippen LogP contribution in [0.3, 0.4) is 0 Å². The summed E-state index contributed by atoms with van der Waals surface area (Å²) in [4.78, 5) is 24.9. The van der Waals surface area contributed by atoms with Gasteiger partial charge >= 0.3 is 5.97 Å². The van der Waals surface area contributed by atoms with Crippen molar-refractivity contribution in [2.45, 2.75) is 6.42 Å². The molecule has 0 aromatic heterocycles. The summed E-state index contributed by atoms with van der Waals surface area (Å²) in [5.74, 6) is -0.403. The fraction of sp³-hybridized carbons (Fsp3) is 0.385. The van der Waals surface area contributed by atoms with Crippen LogP contribution in [0.25, 0.3) is 0 Å². The minimum Gasteiger partial charge on any atom is -0.481 e. The molecule has 2 aliphatic rings. The largest absolute Gasteiger partial charge is 0.481 e. The highest BCUT2D eigenvalue weighted by Gasteiger charge is 2.32. The number of aliphatic carboxylic acids is 1. The number of hydrogen-bond acceptors (Lipinski definition) is 4. The number of carboxylic acid groups (broad SMARTS) is 1. The summed E-state index contributed by atoms with van der Waals surface area (Å²) in [6, 6.07) is 3.30. The van der Waals surface area contributed by atoms with Crippen molar-refractivity contribution in [1.29, 1.82) is 0 Å². The highest BCUT2D eigenvalue weighted by molar-refractivity contribution is 9.10. The van der Waals surface area contributed by atoms with Gasteiger partial charge < -0.3 is 19.5 Å². The molecular formula is C13H12BrNO5. The monoisotopic (exact) mass is 341 g/mol. The minimum atomic E-state index is -0.854. The molecule has 20 heavy (non-hydrogen) atoms. The van der Waals surface area contributed by atoms with E-state index >= 15 is 0 Å². The average molecular weight is 342 g/mol. The maximum atomic E-state index is 12.4. The van der Waals surface area contributed by atoms with Crippen molar-refractivity contribution in [3.05, 3.63) is 22.2 Å². The van der Waals surface area contributed by atoms with E-state index in [4.69, 9.17) is 14.6 Å². The normalized spacial score (nSPS) is 20.2. The number of fused-ring (bicyclic) bond motifs is 1. The van der Waals surface area contributed by atoms with Gasteiger partial charge in [0.05, 0.1) is 10.4 Å². The average Bonchev–Trinajstić information content (AvgIpc) is 3.06. The van der Waals surface area contributed by atoms with Crippen LogP contribution in [-0.2, 0) is 4.79 Å². The van der Waals surface area contributed by atoms with Gasteiger partial charge in [0.1, 0.15) is 0 Å². The Labute approximate surface area is 123 Å². The SMILES string of the molecule is O=C(O)C1CCN(C(=O)c2cc(Br)c3c(c2)OCO3)C1. The molecule has 1 aromatic rings. The van der Waals surface area contributed by atoms with Gasteiger partial charge in [-0.25, -0.2) is 0 Å². The number of carboxylic acids is 1. The molecule has 3 rings (SSSR count). The molecule has 1 saturated heterocycles. The molecule has 1 unspecified atom stereocenters. The Bertz CT molecular complexity index is 588. The van der Waals surface area contributed by atoms with Gasteiger partial charge in [-0.15, -0.1) is 0 Å². The number of carbonyl (C=O) groups excluding carboxylic acids is 1. The minimum absolute atomic E-state index is 0.135. The van der Waals surface area contributed by atoms with Crippen molar-refractivity contribution >= 4 is 27.8 Å². The molecule has 6 nitrogen and oxygen atoms in total. The molecule has 0 spiro atoms. The zero-order valence-electron chi connectivity index (χ0n) is 10.5. The fourth-order valence-electron chi connectivity index (χ4n) is 2.42. The molecule has 1 atom stereocenters. The number of hydrogen-bond donors (Lipinski definition) is 1. The Morgan fingerprint density at radius 1 is 1.35 bits per heavy atom. The van der Waals surface area contributed by atoms with E-state index in [1.165, 1.54) is 0 Å². The molecule has 1 fully saturated rings. The number of carbonyl (C=O) groups is 2. The standard InChI is InChI=1S/C13H12BrNO5/c14-9-3-8(4-10-11(9)20-6-19-10)12(16)15-2-1-7(5-15)13(17)18/h3-4,7H,1-2,5-6H2,(H,17,18). The van der Waals surface area contributed by atoms with E-state index in [0.717, 1.165) is 0 Å². The molecule has 2 aliphatic heterocycles. The van der Waals surface area contributed by atoms with Gasteiger partial charge in [-0.05, 0) is 34.5 Å². The van der Waals surface area contributed by atoms with Crippen molar-refractivity contribution in [3.8, 4) is 11.5 Å². The Kier molecular flexibility index (Phi) is 3.29. The van der Waals surface area contributed by atoms with E-state index in [9.17, 15) is 9.59 Å². The number of benzene rings is 1. The molecule has 106 valence electrons. The summed E-state index contributed by atoms with van der Waals surface area (Å²) < 4.78 is 11.2. The van der Waals surface area contributed by atoms with E-state index in [-0.39, 0.29) is 19.2 Å². The summed E-state index contributed by atoms with van der Waals surface area (Å²) in [5.41, 5.74) is 0.465. The summed E-state index contributed by atoms with van der Waals surface area (Å²) in [5, 5.41) is 8.97. The van der Waals surface area contributed by atoms with Gasteiger partial charge in [-0.2, -0.15) is 0 Å². The number of ether oxygens (including phenoxy) is 2. The molecule has 2 heterocycles. The van der Waals surface area contributed by atoms with Gasteiger partial charge in [0, 0.05) is 18.7 Å². The van der Waals surface area contributed by atoms with Crippen molar-refractivity contribution in [2.24, 2.45) is 5.92 Å². The van der Waals surface area contributed by atoms with E-state index in [1.54, 1.807) is 17.0 Å². The highest BCUT2D eigenvalue weighted by atomic mass is 79.9. The fourth-order valence-corrected chi connectivity index (χ4v) is 2.98. The Morgan fingerprint density at radius 2 is 2.15 bits per heavy atom. The lowest BCUT2D eigenvalue weighted by Gasteiger charge is -2.16. The van der Waals surface area contributed by atoms with E-state index in [0.29, 0.717) is 34.5 Å². The molecule has 1 amide bonds. The number of rotatable bonds is 2. The van der Waals surface area contributed by atoms with Crippen molar-refractivity contribution in [2.75, 3.05) is 19.9 Å². The maximum Gasteiger partial charge on any atom is 0.308 e. The topological polar surface area (TPSA) is 76.1 Å². The first-order valence-corrected chi connectivity index (χ1v) is 6.97. The predicted octanol–water partition coefficient (Wildman–Crippen LogP) is 1.72. The lowest BCUT2D eigenvalue weighted by molar-refractivity contribution is -0.141. The van der Waals surface area contributed by atoms with Crippen LogP contribution < -0.4 is 9.47 Å². The lowest BCUT2D eigenvalue weighted by atomic mass is 10.1. The predicted molar refractivity (Wildman–Crippen MR) is 71.9 cm³/mol. The number of nitrogens with zero attached hydrogens (tertiary/aromatic N) is 1. The quantitative estimate of drug-likeness (QED) is 0.886. The number of likely N-dealkylation sites (tertiary alicyclic amines) is 1. The van der Waals surface area contributed by atoms with Gasteiger partial charge in [-0.3, -0.25) is 9.59 Å². The van der Waals surface area contributed by atoms with E-state index < -0.39 is 11.9 Å². The first-order valence-electron chi connectivity index (χ1n) is 6.17. The van der Waals surface area contributed by atoms with Crippen molar-refractivity contribution < 1.29 is 24.2 Å². The van der Waals surface area contributed by atoms with Gasteiger partial charge in [0.15, 0.2) is 11.5 Å². The Hall–Kier alpha value is -1.76. The van der Waals surface area contributed by atoms with Crippen LogP contribution >= 0.6 is 15.9 Å². The third-order valence-corrected chi connectivity index (χ3v) is 4.09. The summed E-state index contributed by atoms with van der Waals surface area (Å²) in [7, 11) is 0. The Morgan fingerprint density at radius 3 is 2.85 bits per heavy atom. The van der Waals surface area contributed by atoms with Gasteiger partial charge in [-0.1, -0.05) is 0 Å². The smallest absolute Gasteiger partial charge is 0.308 e. The molecule has 0 saturated carbocycles. The zero-order chi connectivity index (χ0) is 14.3. The van der Waals surface area contributed by atoms with Crippen LogP contribution in [0.2, 0.25) is 0 Å². The van der Waals surface area contributed by atoms with Crippen LogP contribution in [0.1, 0.15) is 16.8 Å². The molecule has 0 bridgehead atoms. The molecule has 1 aromatic carbocycles. The van der Waals surface area contributed by atoms with Crippen molar-refractivity contribution in [3.63, 3.8) is 0 Å². The van der Waals surface area contributed by atoms with Crippen molar-refractivity contribution in [1.82, 2.24) is 4.90 Å². The summed E-state index contributed by atoms with van der Waals surface area (Å²) >= 11 is 3.34. The van der Waals surface area contributed by atoms with E-state index in [2.05, 4.69) is 15.9 Å². The van der Waals surface area contributed by atoms with Crippen LogP contribution in [0, 0.1) is 5.92 Å². The zero-order valence-corrected chi connectivity index (χ0v) is 12.1. The van der Waals surface area contributed by atoms with Crippen LogP contribution in [0.5, 0.6) is 11.5 Å². The first kappa shape index (κ1) is 13.2. The molecule has 1 N–H and O–H groups in total. The lowest BCUT2D eigenvalue weighted by Crippen LogP contribution is -2.29.